The van der Waals surface area contributed by atoms with Gasteiger partial charge in [0.05, 0.1) is 33.6 Å². The fourth-order valence-electron chi connectivity index (χ4n) is 3.08. The summed E-state index contributed by atoms with van der Waals surface area (Å²) in [5.74, 6) is -0.584. The molecule has 2 aromatic rings. The van der Waals surface area contributed by atoms with Crippen LogP contribution in [0.15, 0.2) is 24.3 Å². The number of nitrogens with zero attached hydrogens (tertiary/aromatic N) is 3. The third kappa shape index (κ3) is 3.18. The molecule has 0 saturated carbocycles. The van der Waals surface area contributed by atoms with E-state index in [9.17, 15) is 17.6 Å². The fourth-order valence-corrected chi connectivity index (χ4v) is 4.37. The summed E-state index contributed by atoms with van der Waals surface area (Å²) in [4.78, 5) is 14.5. The first-order chi connectivity index (χ1) is 11.7. The Balaban J connectivity index is 1.93. The summed E-state index contributed by atoms with van der Waals surface area (Å²) in [6.07, 6.45) is 0. The number of carbonyl (C=O) groups is 1. The van der Waals surface area contributed by atoms with E-state index in [1.54, 1.807) is 42.5 Å². The van der Waals surface area contributed by atoms with Crippen LogP contribution >= 0.6 is 0 Å². The highest BCUT2D eigenvalue weighted by Gasteiger charge is 2.34. The predicted molar refractivity (Wildman–Crippen MR) is 92.1 cm³/mol. The molecule has 0 radical (unpaired) electrons. The van der Waals surface area contributed by atoms with E-state index in [1.165, 1.54) is 12.1 Å². The molecule has 1 aliphatic rings. The van der Waals surface area contributed by atoms with Gasteiger partial charge >= 0.3 is 0 Å². The van der Waals surface area contributed by atoms with Crippen LogP contribution in [-0.4, -0.2) is 53.1 Å². The van der Waals surface area contributed by atoms with Crippen molar-refractivity contribution in [3.63, 3.8) is 0 Å². The molecule has 1 fully saturated rings. The zero-order valence-electron chi connectivity index (χ0n) is 14.4. The minimum Gasteiger partial charge on any atom is -0.336 e. The van der Waals surface area contributed by atoms with E-state index in [2.05, 4.69) is 5.10 Å². The van der Waals surface area contributed by atoms with Crippen molar-refractivity contribution in [2.45, 2.75) is 26.0 Å². The van der Waals surface area contributed by atoms with Gasteiger partial charge in [0.15, 0.2) is 9.84 Å². The standard InChI is InChI=1S/C17H20FN3O3S/c1-11-10-20(8-9-25(11,23)24)17(22)16-12(2)19-21(13(16)3)15-6-4-14(18)5-7-15/h4-7,11H,8-10H2,1-3H3/t11-/m0/s1. The number of rotatable bonds is 2. The number of aryl methyl sites for hydroxylation is 1. The molecular formula is C17H20FN3O3S. The number of sulfone groups is 1. The summed E-state index contributed by atoms with van der Waals surface area (Å²) in [5.41, 5.74) is 2.34. The first-order valence-corrected chi connectivity index (χ1v) is 9.75. The van der Waals surface area contributed by atoms with Crippen molar-refractivity contribution < 1.29 is 17.6 Å². The monoisotopic (exact) mass is 365 g/mol. The van der Waals surface area contributed by atoms with Crippen molar-refractivity contribution in [3.8, 4) is 5.69 Å². The second kappa shape index (κ2) is 6.25. The normalized spacial score (nSPS) is 19.8. The number of hydrogen-bond acceptors (Lipinski definition) is 4. The molecule has 1 amide bonds. The number of aromatic nitrogens is 2. The van der Waals surface area contributed by atoms with Crippen LogP contribution in [0.2, 0.25) is 0 Å². The van der Waals surface area contributed by atoms with Gasteiger partial charge in [0.1, 0.15) is 5.82 Å². The van der Waals surface area contributed by atoms with E-state index < -0.39 is 15.1 Å². The largest absolute Gasteiger partial charge is 0.336 e. The van der Waals surface area contributed by atoms with Crippen molar-refractivity contribution in [1.29, 1.82) is 0 Å². The molecular weight excluding hydrogens is 345 g/mol. The molecule has 8 heteroatoms. The molecule has 25 heavy (non-hydrogen) atoms. The lowest BCUT2D eigenvalue weighted by atomic mass is 10.1. The molecule has 6 nitrogen and oxygen atoms in total. The fraction of sp³-hybridized carbons (Fsp3) is 0.412. The smallest absolute Gasteiger partial charge is 0.257 e. The Morgan fingerprint density at radius 3 is 2.48 bits per heavy atom. The van der Waals surface area contributed by atoms with Crippen LogP contribution in [0, 0.1) is 19.7 Å². The van der Waals surface area contributed by atoms with Crippen molar-refractivity contribution in [2.75, 3.05) is 18.8 Å². The van der Waals surface area contributed by atoms with E-state index in [0.717, 1.165) is 0 Å². The van der Waals surface area contributed by atoms with Crippen molar-refractivity contribution >= 4 is 15.7 Å². The molecule has 2 heterocycles. The third-order valence-electron chi connectivity index (χ3n) is 4.60. The van der Waals surface area contributed by atoms with Crippen LogP contribution in [0.25, 0.3) is 5.69 Å². The Morgan fingerprint density at radius 1 is 1.24 bits per heavy atom. The number of halogens is 1. The van der Waals surface area contributed by atoms with Crippen molar-refractivity contribution in [3.05, 3.63) is 47.0 Å². The zero-order valence-corrected chi connectivity index (χ0v) is 15.2. The van der Waals surface area contributed by atoms with Gasteiger partial charge in [-0.2, -0.15) is 5.10 Å². The van der Waals surface area contributed by atoms with Crippen LogP contribution in [0.4, 0.5) is 4.39 Å². The Labute approximate surface area is 146 Å². The summed E-state index contributed by atoms with van der Waals surface area (Å²) >= 11 is 0. The summed E-state index contributed by atoms with van der Waals surface area (Å²) in [6.45, 7) is 5.51. The SMILES string of the molecule is Cc1nn(-c2ccc(F)cc2)c(C)c1C(=O)N1CCS(=O)(=O)[C@@H](C)C1. The summed E-state index contributed by atoms with van der Waals surface area (Å²) < 4.78 is 38.4. The lowest BCUT2D eigenvalue weighted by molar-refractivity contribution is 0.0759. The molecule has 3 rings (SSSR count). The van der Waals surface area contributed by atoms with Crippen LogP contribution in [-0.2, 0) is 9.84 Å². The van der Waals surface area contributed by atoms with E-state index >= 15 is 0 Å². The van der Waals surface area contributed by atoms with Gasteiger partial charge in [0, 0.05) is 13.1 Å². The highest BCUT2D eigenvalue weighted by molar-refractivity contribution is 7.92. The first kappa shape index (κ1) is 17.6. The Hall–Kier alpha value is -2.22. The van der Waals surface area contributed by atoms with Crippen molar-refractivity contribution in [2.24, 2.45) is 0 Å². The molecule has 1 aliphatic heterocycles. The van der Waals surface area contributed by atoms with E-state index in [4.69, 9.17) is 0 Å². The topological polar surface area (TPSA) is 72.3 Å². The molecule has 134 valence electrons. The van der Waals surface area contributed by atoms with Gasteiger partial charge in [-0.25, -0.2) is 17.5 Å². The van der Waals surface area contributed by atoms with Gasteiger partial charge in [-0.1, -0.05) is 0 Å². The maximum atomic E-state index is 13.1. The molecule has 0 aliphatic carbocycles. The second-order valence-electron chi connectivity index (χ2n) is 6.36. The molecule has 1 atom stereocenters. The van der Waals surface area contributed by atoms with Gasteiger partial charge in [0.2, 0.25) is 0 Å². The van der Waals surface area contributed by atoms with Gasteiger partial charge in [-0.05, 0) is 45.0 Å². The molecule has 1 aromatic heterocycles. The highest BCUT2D eigenvalue weighted by atomic mass is 32.2. The van der Waals surface area contributed by atoms with E-state index in [-0.39, 0.29) is 30.6 Å². The first-order valence-electron chi connectivity index (χ1n) is 8.03. The van der Waals surface area contributed by atoms with Crippen molar-refractivity contribution in [1.82, 2.24) is 14.7 Å². The Morgan fingerprint density at radius 2 is 1.88 bits per heavy atom. The third-order valence-corrected chi connectivity index (χ3v) is 6.73. The molecule has 0 N–H and O–H groups in total. The Bertz CT molecular complexity index is 919. The van der Waals surface area contributed by atoms with Crippen LogP contribution < -0.4 is 0 Å². The minimum absolute atomic E-state index is 0.0237. The number of amides is 1. The molecule has 0 unspecified atom stereocenters. The maximum absolute atomic E-state index is 13.1. The Kier molecular flexibility index (Phi) is 4.40. The quantitative estimate of drug-likeness (QED) is 0.815. The molecule has 1 saturated heterocycles. The zero-order chi connectivity index (χ0) is 18.4. The highest BCUT2D eigenvalue weighted by Crippen LogP contribution is 2.22. The molecule has 1 aromatic carbocycles. The molecule has 0 spiro atoms. The minimum atomic E-state index is -3.12. The lowest BCUT2D eigenvalue weighted by Crippen LogP contribution is -2.48. The average molecular weight is 365 g/mol. The van der Waals surface area contributed by atoms with Crippen LogP contribution in [0.1, 0.15) is 28.7 Å². The second-order valence-corrected chi connectivity index (χ2v) is 8.90. The molecule has 0 bridgehead atoms. The number of hydrogen-bond donors (Lipinski definition) is 0. The van der Waals surface area contributed by atoms with Gasteiger partial charge in [-0.3, -0.25) is 4.79 Å². The van der Waals surface area contributed by atoms with Crippen LogP contribution in [0.3, 0.4) is 0 Å². The number of carbonyl (C=O) groups excluding carboxylic acids is 1. The number of benzene rings is 1. The van der Waals surface area contributed by atoms with Crippen LogP contribution in [0.5, 0.6) is 0 Å². The van der Waals surface area contributed by atoms with E-state index in [1.807, 2.05) is 0 Å². The van der Waals surface area contributed by atoms with E-state index in [0.29, 0.717) is 22.6 Å². The predicted octanol–water partition coefficient (Wildman–Crippen LogP) is 1.89. The van der Waals surface area contributed by atoms with Gasteiger partial charge in [-0.15, -0.1) is 0 Å². The lowest BCUT2D eigenvalue weighted by Gasteiger charge is -2.31. The summed E-state index contributed by atoms with van der Waals surface area (Å²) in [5, 5.41) is 3.83. The summed E-state index contributed by atoms with van der Waals surface area (Å²) in [6, 6.07) is 5.87. The van der Waals surface area contributed by atoms with Gasteiger partial charge in [0.25, 0.3) is 5.91 Å². The van der Waals surface area contributed by atoms with Gasteiger partial charge < -0.3 is 4.90 Å². The average Bonchev–Trinajstić information content (AvgIpc) is 2.85. The maximum Gasteiger partial charge on any atom is 0.257 e. The summed E-state index contributed by atoms with van der Waals surface area (Å²) in [7, 11) is -3.12.